The van der Waals surface area contributed by atoms with Crippen molar-refractivity contribution in [3.05, 3.63) is 0 Å². The molecule has 0 aromatic rings. The second-order valence-corrected chi connectivity index (χ2v) is 5.93. The molecule has 2 unspecified atom stereocenters. The van der Waals surface area contributed by atoms with Gasteiger partial charge in [-0.3, -0.25) is 9.59 Å². The van der Waals surface area contributed by atoms with E-state index in [1.54, 1.807) is 11.9 Å². The molecule has 1 aliphatic heterocycles. The van der Waals surface area contributed by atoms with Crippen molar-refractivity contribution >= 4 is 11.8 Å². The molecule has 1 heterocycles. The molecule has 4 nitrogen and oxygen atoms in total. The molecule has 2 rings (SSSR count). The number of nitrogens with one attached hydrogen (secondary N) is 1. The summed E-state index contributed by atoms with van der Waals surface area (Å²) in [5, 5.41) is 2.94. The van der Waals surface area contributed by atoms with Crippen molar-refractivity contribution < 1.29 is 9.59 Å². The summed E-state index contributed by atoms with van der Waals surface area (Å²) in [6, 6.07) is -0.252. The van der Waals surface area contributed by atoms with Crippen LogP contribution in [0.3, 0.4) is 0 Å². The predicted octanol–water partition coefficient (Wildman–Crippen LogP) is 1.69. The number of hydrogen-bond donors (Lipinski definition) is 1. The van der Waals surface area contributed by atoms with Crippen LogP contribution in [0.2, 0.25) is 0 Å². The Kier molecular flexibility index (Phi) is 3.64. The average Bonchev–Trinajstić information content (AvgIpc) is 2.37. The molecule has 0 bridgehead atoms. The van der Waals surface area contributed by atoms with Gasteiger partial charge in [0, 0.05) is 7.05 Å². The summed E-state index contributed by atoms with van der Waals surface area (Å²) < 4.78 is 0. The maximum atomic E-state index is 12.4. The van der Waals surface area contributed by atoms with E-state index in [1.165, 1.54) is 19.3 Å². The first-order valence-electron chi connectivity index (χ1n) is 7.09. The molecule has 4 heteroatoms. The van der Waals surface area contributed by atoms with Crippen molar-refractivity contribution in [2.24, 2.45) is 5.92 Å². The van der Waals surface area contributed by atoms with Gasteiger partial charge in [0.25, 0.3) is 0 Å². The monoisotopic (exact) mass is 252 g/mol. The van der Waals surface area contributed by atoms with Crippen LogP contribution in [0.1, 0.15) is 52.4 Å². The van der Waals surface area contributed by atoms with E-state index in [1.807, 2.05) is 13.8 Å². The topological polar surface area (TPSA) is 49.4 Å². The fraction of sp³-hybridized carbons (Fsp3) is 0.857. The molecular formula is C14H24N2O2. The van der Waals surface area contributed by atoms with Gasteiger partial charge in [0.05, 0.1) is 0 Å². The van der Waals surface area contributed by atoms with E-state index in [-0.39, 0.29) is 17.9 Å². The third-order valence-electron chi connectivity index (χ3n) is 4.68. The Morgan fingerprint density at radius 1 is 1.28 bits per heavy atom. The fourth-order valence-corrected chi connectivity index (χ4v) is 3.31. The standard InChI is InChI=1S/C14H24N2O2/c1-4-14(2)13(18)16(3)11(12(17)15-14)10-8-6-5-7-9-10/h10-11H,4-9H2,1-3H3,(H,15,17). The molecule has 102 valence electrons. The van der Waals surface area contributed by atoms with Crippen LogP contribution in [-0.4, -0.2) is 35.3 Å². The number of amides is 2. The van der Waals surface area contributed by atoms with Gasteiger partial charge in [0.2, 0.25) is 11.8 Å². The van der Waals surface area contributed by atoms with E-state index < -0.39 is 5.54 Å². The summed E-state index contributed by atoms with van der Waals surface area (Å²) in [4.78, 5) is 26.4. The lowest BCUT2D eigenvalue weighted by molar-refractivity contribution is -0.155. The molecular weight excluding hydrogens is 228 g/mol. The molecule has 0 aromatic heterocycles. The zero-order valence-corrected chi connectivity index (χ0v) is 11.7. The van der Waals surface area contributed by atoms with Crippen molar-refractivity contribution in [1.82, 2.24) is 10.2 Å². The molecule has 2 amide bonds. The lowest BCUT2D eigenvalue weighted by Crippen LogP contribution is -2.69. The zero-order valence-electron chi connectivity index (χ0n) is 11.7. The van der Waals surface area contributed by atoms with Gasteiger partial charge >= 0.3 is 0 Å². The maximum absolute atomic E-state index is 12.4. The Balaban J connectivity index is 2.18. The second kappa shape index (κ2) is 4.90. The highest BCUT2D eigenvalue weighted by molar-refractivity contribution is 5.99. The van der Waals surface area contributed by atoms with Gasteiger partial charge in [0.15, 0.2) is 0 Å². The van der Waals surface area contributed by atoms with E-state index in [4.69, 9.17) is 0 Å². The smallest absolute Gasteiger partial charge is 0.248 e. The van der Waals surface area contributed by atoms with E-state index in [2.05, 4.69) is 5.32 Å². The molecule has 1 N–H and O–H groups in total. The first-order chi connectivity index (χ1) is 8.49. The SMILES string of the molecule is CCC1(C)NC(=O)C(C2CCCCC2)N(C)C1=O. The summed E-state index contributed by atoms with van der Waals surface area (Å²) in [6.45, 7) is 3.76. The Hall–Kier alpha value is -1.06. The van der Waals surface area contributed by atoms with Gasteiger partial charge < -0.3 is 10.2 Å². The lowest BCUT2D eigenvalue weighted by atomic mass is 9.80. The highest BCUT2D eigenvalue weighted by Crippen LogP contribution is 2.32. The van der Waals surface area contributed by atoms with Crippen LogP contribution in [0.25, 0.3) is 0 Å². The Morgan fingerprint density at radius 2 is 1.89 bits per heavy atom. The minimum Gasteiger partial charge on any atom is -0.340 e. The average molecular weight is 252 g/mol. The lowest BCUT2D eigenvalue weighted by Gasteiger charge is -2.45. The van der Waals surface area contributed by atoms with Gasteiger partial charge in [-0.05, 0) is 32.1 Å². The minimum absolute atomic E-state index is 0.0355. The van der Waals surface area contributed by atoms with Gasteiger partial charge in [-0.15, -0.1) is 0 Å². The zero-order chi connectivity index (χ0) is 13.3. The Bertz CT molecular complexity index is 350. The molecule has 18 heavy (non-hydrogen) atoms. The molecule has 0 spiro atoms. The molecule has 2 atom stereocenters. The predicted molar refractivity (Wildman–Crippen MR) is 70.0 cm³/mol. The van der Waals surface area contributed by atoms with Crippen LogP contribution in [0.4, 0.5) is 0 Å². The van der Waals surface area contributed by atoms with Crippen LogP contribution in [0.5, 0.6) is 0 Å². The van der Waals surface area contributed by atoms with E-state index in [0.717, 1.165) is 12.8 Å². The third-order valence-corrected chi connectivity index (χ3v) is 4.68. The number of nitrogens with zero attached hydrogens (tertiary/aromatic N) is 1. The number of likely N-dealkylation sites (N-methyl/N-ethyl adjacent to an activating group) is 1. The minimum atomic E-state index is -0.711. The molecule has 0 radical (unpaired) electrons. The summed E-state index contributed by atoms with van der Waals surface area (Å²) in [6.07, 6.45) is 6.40. The normalized spacial score (nSPS) is 34.6. The van der Waals surface area contributed by atoms with Crippen LogP contribution >= 0.6 is 0 Å². The van der Waals surface area contributed by atoms with Crippen molar-refractivity contribution in [2.75, 3.05) is 7.05 Å². The molecule has 0 aromatic carbocycles. The van der Waals surface area contributed by atoms with Crippen LogP contribution in [0, 0.1) is 5.92 Å². The van der Waals surface area contributed by atoms with E-state index in [0.29, 0.717) is 12.3 Å². The summed E-state index contributed by atoms with van der Waals surface area (Å²) in [5.74, 6) is 0.433. The Labute approximate surface area is 109 Å². The van der Waals surface area contributed by atoms with Gasteiger partial charge in [-0.2, -0.15) is 0 Å². The summed E-state index contributed by atoms with van der Waals surface area (Å²) >= 11 is 0. The van der Waals surface area contributed by atoms with Crippen molar-refractivity contribution in [3.8, 4) is 0 Å². The highest BCUT2D eigenvalue weighted by Gasteiger charge is 2.47. The molecule has 1 saturated heterocycles. The Morgan fingerprint density at radius 3 is 2.44 bits per heavy atom. The fourth-order valence-electron chi connectivity index (χ4n) is 3.31. The first-order valence-corrected chi connectivity index (χ1v) is 7.09. The number of carbonyl (C=O) groups is 2. The van der Waals surface area contributed by atoms with E-state index in [9.17, 15) is 9.59 Å². The third kappa shape index (κ3) is 2.13. The quantitative estimate of drug-likeness (QED) is 0.813. The number of carbonyl (C=O) groups excluding carboxylic acids is 2. The summed E-state index contributed by atoms with van der Waals surface area (Å²) in [7, 11) is 1.79. The summed E-state index contributed by atoms with van der Waals surface area (Å²) in [5.41, 5.74) is -0.711. The van der Waals surface area contributed by atoms with Crippen molar-refractivity contribution in [3.63, 3.8) is 0 Å². The van der Waals surface area contributed by atoms with Gasteiger partial charge in [0.1, 0.15) is 11.6 Å². The van der Waals surface area contributed by atoms with Crippen LogP contribution < -0.4 is 5.32 Å². The van der Waals surface area contributed by atoms with Gasteiger partial charge in [-0.25, -0.2) is 0 Å². The molecule has 2 fully saturated rings. The van der Waals surface area contributed by atoms with Crippen molar-refractivity contribution in [1.29, 1.82) is 0 Å². The molecule has 1 saturated carbocycles. The highest BCUT2D eigenvalue weighted by atomic mass is 16.2. The van der Waals surface area contributed by atoms with Crippen LogP contribution in [0.15, 0.2) is 0 Å². The second-order valence-electron chi connectivity index (χ2n) is 5.93. The number of hydrogen-bond acceptors (Lipinski definition) is 2. The molecule has 1 aliphatic carbocycles. The largest absolute Gasteiger partial charge is 0.340 e. The number of piperazine rings is 1. The van der Waals surface area contributed by atoms with Crippen LogP contribution in [-0.2, 0) is 9.59 Å². The first kappa shape index (κ1) is 13.4. The number of rotatable bonds is 2. The van der Waals surface area contributed by atoms with Gasteiger partial charge in [-0.1, -0.05) is 26.2 Å². The van der Waals surface area contributed by atoms with E-state index >= 15 is 0 Å². The molecule has 2 aliphatic rings. The maximum Gasteiger partial charge on any atom is 0.248 e. The van der Waals surface area contributed by atoms with Crippen molar-refractivity contribution in [2.45, 2.75) is 64.0 Å².